The summed E-state index contributed by atoms with van der Waals surface area (Å²) in [6.07, 6.45) is 10.3. The molecule has 2 heterocycles. The van der Waals surface area contributed by atoms with E-state index in [9.17, 15) is 0 Å². The molecule has 0 radical (unpaired) electrons. The van der Waals surface area contributed by atoms with E-state index >= 15 is 0 Å². The van der Waals surface area contributed by atoms with Crippen LogP contribution in [0.15, 0.2) is 47.7 Å². The second-order valence-corrected chi connectivity index (χ2v) is 7.48. The Morgan fingerprint density at radius 3 is 2.41 bits per heavy atom. The Hall–Kier alpha value is -1.61. The molecule has 160 valence electrons. The monoisotopic (exact) mass is 510 g/mol. The van der Waals surface area contributed by atoms with Crippen molar-refractivity contribution in [2.75, 3.05) is 26.7 Å². The normalized spacial score (nSPS) is 15.4. The lowest BCUT2D eigenvalue weighted by Gasteiger charge is -2.20. The number of hydrogen-bond donors (Lipinski definition) is 2. The van der Waals surface area contributed by atoms with Crippen LogP contribution in [0, 0.1) is 0 Å². The smallest absolute Gasteiger partial charge is 0.191 e. The lowest BCUT2D eigenvalue weighted by atomic mass is 10.1. The molecule has 1 aliphatic rings. The van der Waals surface area contributed by atoms with Gasteiger partial charge in [-0.15, -0.1) is 24.0 Å². The van der Waals surface area contributed by atoms with Crippen molar-refractivity contribution in [1.82, 2.24) is 25.3 Å². The van der Waals surface area contributed by atoms with Gasteiger partial charge >= 0.3 is 0 Å². The summed E-state index contributed by atoms with van der Waals surface area (Å²) in [5, 5.41) is 11.0. The number of nitrogens with one attached hydrogen (secondary N) is 2. The van der Waals surface area contributed by atoms with E-state index in [1.165, 1.54) is 49.9 Å². The van der Waals surface area contributed by atoms with Crippen LogP contribution >= 0.6 is 24.0 Å². The van der Waals surface area contributed by atoms with Crippen LogP contribution in [0.2, 0.25) is 0 Å². The van der Waals surface area contributed by atoms with Crippen molar-refractivity contribution in [3.05, 3.63) is 53.9 Å². The fourth-order valence-corrected chi connectivity index (χ4v) is 3.60. The van der Waals surface area contributed by atoms with Crippen molar-refractivity contribution in [2.24, 2.45) is 4.99 Å². The summed E-state index contributed by atoms with van der Waals surface area (Å²) in [4.78, 5) is 6.90. The number of rotatable bonds is 8. The molecule has 0 spiro atoms. The van der Waals surface area contributed by atoms with Crippen molar-refractivity contribution >= 4 is 29.9 Å². The molecule has 7 heteroatoms. The molecule has 29 heavy (non-hydrogen) atoms. The standard InChI is InChI=1S/C22H34N6.HI/c1-23-22(24-12-6-16-28-17-7-13-26-28)25-18-20-8-10-21(11-9-20)19-27-14-4-2-3-5-15-27;/h7-11,13,17H,2-6,12,14-16,18-19H2,1H3,(H2,23,24,25);1H. The number of hydrogen-bond acceptors (Lipinski definition) is 3. The van der Waals surface area contributed by atoms with Gasteiger partial charge in [0.2, 0.25) is 0 Å². The van der Waals surface area contributed by atoms with E-state index in [0.29, 0.717) is 0 Å². The van der Waals surface area contributed by atoms with Gasteiger partial charge in [-0.1, -0.05) is 37.1 Å². The summed E-state index contributed by atoms with van der Waals surface area (Å²) >= 11 is 0. The van der Waals surface area contributed by atoms with Crippen LogP contribution in [0.3, 0.4) is 0 Å². The molecule has 2 aromatic rings. The van der Waals surface area contributed by atoms with Crippen LogP contribution in [0.5, 0.6) is 0 Å². The van der Waals surface area contributed by atoms with Gasteiger partial charge in [-0.05, 0) is 49.5 Å². The first-order valence-electron chi connectivity index (χ1n) is 10.6. The SMILES string of the molecule is CN=C(NCCCn1cccn1)NCc1ccc(CN2CCCCCC2)cc1.I. The third kappa shape index (κ3) is 8.74. The molecule has 1 saturated heterocycles. The summed E-state index contributed by atoms with van der Waals surface area (Å²) in [7, 11) is 1.81. The first-order chi connectivity index (χ1) is 13.8. The maximum Gasteiger partial charge on any atom is 0.191 e. The number of aliphatic imine (C=N–C) groups is 1. The van der Waals surface area contributed by atoms with Crippen molar-refractivity contribution in [3.8, 4) is 0 Å². The van der Waals surface area contributed by atoms with Gasteiger partial charge < -0.3 is 10.6 Å². The molecule has 3 rings (SSSR count). The van der Waals surface area contributed by atoms with Crippen LogP contribution in [0.4, 0.5) is 0 Å². The topological polar surface area (TPSA) is 57.5 Å². The molecule has 0 amide bonds. The Kier molecular flexibility index (Phi) is 11.1. The number of halogens is 1. The second kappa shape index (κ2) is 13.6. The molecule has 0 saturated carbocycles. The molecule has 1 fully saturated rings. The van der Waals surface area contributed by atoms with Crippen molar-refractivity contribution in [1.29, 1.82) is 0 Å². The second-order valence-electron chi connectivity index (χ2n) is 7.48. The number of aryl methyl sites for hydroxylation is 1. The average molecular weight is 510 g/mol. The lowest BCUT2D eigenvalue weighted by Crippen LogP contribution is -2.37. The van der Waals surface area contributed by atoms with Crippen LogP contribution in [0.1, 0.15) is 43.2 Å². The predicted octanol–water partition coefficient (Wildman–Crippen LogP) is 3.63. The third-order valence-corrected chi connectivity index (χ3v) is 5.23. The van der Waals surface area contributed by atoms with Gasteiger partial charge in [-0.2, -0.15) is 5.10 Å². The van der Waals surface area contributed by atoms with Crippen molar-refractivity contribution < 1.29 is 0 Å². The zero-order valence-corrected chi connectivity index (χ0v) is 19.8. The summed E-state index contributed by atoms with van der Waals surface area (Å²) < 4.78 is 1.95. The van der Waals surface area contributed by atoms with E-state index in [-0.39, 0.29) is 24.0 Å². The lowest BCUT2D eigenvalue weighted by molar-refractivity contribution is 0.277. The summed E-state index contributed by atoms with van der Waals surface area (Å²) in [6, 6.07) is 10.9. The van der Waals surface area contributed by atoms with Gasteiger partial charge in [0.25, 0.3) is 0 Å². The molecule has 6 nitrogen and oxygen atoms in total. The minimum atomic E-state index is 0. The fourth-order valence-electron chi connectivity index (χ4n) is 3.60. The largest absolute Gasteiger partial charge is 0.356 e. The van der Waals surface area contributed by atoms with Gasteiger partial charge in [0.1, 0.15) is 0 Å². The summed E-state index contributed by atoms with van der Waals surface area (Å²) in [6.45, 7) is 6.12. The number of likely N-dealkylation sites (tertiary alicyclic amines) is 1. The van der Waals surface area contributed by atoms with Gasteiger partial charge in [-0.3, -0.25) is 14.6 Å². The molecular weight excluding hydrogens is 475 g/mol. The fraction of sp³-hybridized carbons (Fsp3) is 0.545. The number of aromatic nitrogens is 2. The molecule has 0 atom stereocenters. The Morgan fingerprint density at radius 1 is 1.03 bits per heavy atom. The highest BCUT2D eigenvalue weighted by Crippen LogP contribution is 2.13. The van der Waals surface area contributed by atoms with E-state index in [1.807, 2.05) is 30.2 Å². The zero-order valence-electron chi connectivity index (χ0n) is 17.5. The average Bonchev–Trinajstić information content (AvgIpc) is 3.11. The molecule has 1 aromatic heterocycles. The highest BCUT2D eigenvalue weighted by atomic mass is 127. The van der Waals surface area contributed by atoms with E-state index in [0.717, 1.165) is 38.6 Å². The molecule has 1 aliphatic heterocycles. The third-order valence-electron chi connectivity index (χ3n) is 5.23. The van der Waals surface area contributed by atoms with Crippen LogP contribution in [-0.4, -0.2) is 47.3 Å². The van der Waals surface area contributed by atoms with E-state index in [2.05, 4.69) is 49.9 Å². The minimum absolute atomic E-state index is 0. The Balaban J connectivity index is 0.00000300. The number of nitrogens with zero attached hydrogens (tertiary/aromatic N) is 4. The van der Waals surface area contributed by atoms with Gasteiger partial charge in [0.05, 0.1) is 0 Å². The molecule has 0 aliphatic carbocycles. The van der Waals surface area contributed by atoms with Crippen LogP contribution in [-0.2, 0) is 19.6 Å². The van der Waals surface area contributed by atoms with Crippen molar-refractivity contribution in [2.45, 2.75) is 51.7 Å². The molecule has 2 N–H and O–H groups in total. The predicted molar refractivity (Wildman–Crippen MR) is 131 cm³/mol. The highest BCUT2D eigenvalue weighted by Gasteiger charge is 2.09. The van der Waals surface area contributed by atoms with Crippen LogP contribution in [0.25, 0.3) is 0 Å². The molecular formula is C22H35IN6. The van der Waals surface area contributed by atoms with Gasteiger partial charge in [-0.25, -0.2) is 0 Å². The minimum Gasteiger partial charge on any atom is -0.356 e. The van der Waals surface area contributed by atoms with E-state index in [4.69, 9.17) is 0 Å². The summed E-state index contributed by atoms with van der Waals surface area (Å²) in [5.74, 6) is 0.842. The maximum absolute atomic E-state index is 4.31. The number of guanidine groups is 1. The first kappa shape index (κ1) is 23.7. The van der Waals surface area contributed by atoms with E-state index in [1.54, 1.807) is 0 Å². The number of benzene rings is 1. The Bertz CT molecular complexity index is 691. The summed E-state index contributed by atoms with van der Waals surface area (Å²) in [5.41, 5.74) is 2.69. The molecule has 1 aromatic carbocycles. The Labute approximate surface area is 192 Å². The first-order valence-corrected chi connectivity index (χ1v) is 10.6. The molecule has 0 unspecified atom stereocenters. The van der Waals surface area contributed by atoms with Gasteiger partial charge in [0, 0.05) is 45.6 Å². The molecule has 0 bridgehead atoms. The van der Waals surface area contributed by atoms with E-state index < -0.39 is 0 Å². The van der Waals surface area contributed by atoms with Gasteiger partial charge in [0.15, 0.2) is 5.96 Å². The van der Waals surface area contributed by atoms with Crippen LogP contribution < -0.4 is 10.6 Å². The van der Waals surface area contributed by atoms with Crippen molar-refractivity contribution in [3.63, 3.8) is 0 Å². The highest BCUT2D eigenvalue weighted by molar-refractivity contribution is 14.0. The maximum atomic E-state index is 4.31. The zero-order chi connectivity index (χ0) is 19.4. The quantitative estimate of drug-likeness (QED) is 0.247. The Morgan fingerprint density at radius 2 is 1.76 bits per heavy atom.